The lowest BCUT2D eigenvalue weighted by Crippen LogP contribution is -2.58. The van der Waals surface area contributed by atoms with E-state index in [1.165, 1.54) is 42.0 Å². The molecule has 43 heavy (non-hydrogen) atoms. The number of rotatable bonds is 5. The first-order chi connectivity index (χ1) is 20.7. The van der Waals surface area contributed by atoms with Crippen LogP contribution in [0, 0.1) is 18.6 Å². The summed E-state index contributed by atoms with van der Waals surface area (Å²) in [5.74, 6) is -1.62. The lowest BCUT2D eigenvalue weighted by Gasteiger charge is -2.45. The normalized spacial score (nSPS) is 16.1. The van der Waals surface area contributed by atoms with Crippen molar-refractivity contribution >= 4 is 22.6 Å². The van der Waals surface area contributed by atoms with Crippen LogP contribution in [0.1, 0.15) is 31.0 Å². The van der Waals surface area contributed by atoms with Crippen LogP contribution in [0.2, 0.25) is 0 Å². The number of hydrogen-bond donors (Lipinski definition) is 0. The second-order valence-corrected chi connectivity index (χ2v) is 11.0. The fourth-order valence-electron chi connectivity index (χ4n) is 6.03. The van der Waals surface area contributed by atoms with Crippen LogP contribution in [0.4, 0.5) is 14.5 Å². The minimum absolute atomic E-state index is 0.0580. The Labute approximate surface area is 247 Å². The highest BCUT2D eigenvalue weighted by Crippen LogP contribution is 2.42. The van der Waals surface area contributed by atoms with Crippen molar-refractivity contribution in [2.24, 2.45) is 0 Å². The minimum Gasteiger partial charge on any atom is -0.496 e. The third-order valence-electron chi connectivity index (χ3n) is 8.07. The molecule has 0 unspecified atom stereocenters. The standard InChI is InChI=1S/C32H31F2N5O4/c1-6-24(40)37-12-13-38-19(15-37)16-43-30-29(38)20-14-22(34)27(25-21(33)8-7-9-23(25)42-5)36-31(20)39(32(30)41)28-18(4)10-11-35-26(28)17(2)3/h6-11,14,17,19H,1,12-13,15-16H2,2-5H3/t19-/m1/s1. The van der Waals surface area contributed by atoms with Crippen LogP contribution in [-0.2, 0) is 4.79 Å². The van der Waals surface area contributed by atoms with Gasteiger partial charge >= 0.3 is 5.56 Å². The smallest absolute Gasteiger partial charge is 0.301 e. The summed E-state index contributed by atoms with van der Waals surface area (Å²) in [6.07, 6.45) is 2.94. The first-order valence-corrected chi connectivity index (χ1v) is 14.0. The number of aryl methyl sites for hydroxylation is 1. The average Bonchev–Trinajstić information content (AvgIpc) is 3.00. The van der Waals surface area contributed by atoms with E-state index in [9.17, 15) is 9.59 Å². The molecule has 9 nitrogen and oxygen atoms in total. The van der Waals surface area contributed by atoms with Gasteiger partial charge in [-0.25, -0.2) is 13.8 Å². The summed E-state index contributed by atoms with van der Waals surface area (Å²) in [5, 5.41) is 0.317. The minimum atomic E-state index is -0.794. The number of fused-ring (bicyclic) bond motifs is 5. The molecule has 5 heterocycles. The van der Waals surface area contributed by atoms with E-state index in [-0.39, 0.29) is 52.9 Å². The first kappa shape index (κ1) is 28.3. The summed E-state index contributed by atoms with van der Waals surface area (Å²) in [6.45, 7) is 10.6. The number of carbonyl (C=O) groups is 1. The van der Waals surface area contributed by atoms with E-state index in [0.29, 0.717) is 42.1 Å². The van der Waals surface area contributed by atoms with Crippen LogP contribution in [-0.4, -0.2) is 64.7 Å². The second kappa shape index (κ2) is 10.8. The van der Waals surface area contributed by atoms with Gasteiger partial charge in [0.25, 0.3) is 0 Å². The van der Waals surface area contributed by atoms with Gasteiger partial charge < -0.3 is 19.3 Å². The molecule has 0 spiro atoms. The van der Waals surface area contributed by atoms with Crippen molar-refractivity contribution in [3.8, 4) is 28.4 Å². The maximum Gasteiger partial charge on any atom is 0.301 e. The topological polar surface area (TPSA) is 89.8 Å². The third-order valence-corrected chi connectivity index (χ3v) is 8.07. The van der Waals surface area contributed by atoms with Crippen molar-refractivity contribution in [3.05, 3.63) is 82.4 Å². The van der Waals surface area contributed by atoms with Gasteiger partial charge in [0.15, 0.2) is 11.5 Å². The lowest BCUT2D eigenvalue weighted by molar-refractivity contribution is -0.127. The van der Waals surface area contributed by atoms with Gasteiger partial charge in [-0.1, -0.05) is 26.5 Å². The number of aromatic nitrogens is 3. The summed E-state index contributed by atoms with van der Waals surface area (Å²) >= 11 is 0. The van der Waals surface area contributed by atoms with Crippen molar-refractivity contribution in [2.75, 3.05) is 38.3 Å². The molecule has 11 heteroatoms. The number of amides is 1. The Morgan fingerprint density at radius 1 is 1.19 bits per heavy atom. The van der Waals surface area contributed by atoms with Gasteiger partial charge in [0.05, 0.1) is 35.8 Å². The molecule has 1 saturated heterocycles. The molecule has 222 valence electrons. The van der Waals surface area contributed by atoms with Crippen molar-refractivity contribution in [3.63, 3.8) is 0 Å². The van der Waals surface area contributed by atoms with Gasteiger partial charge in [0, 0.05) is 31.2 Å². The van der Waals surface area contributed by atoms with E-state index in [1.54, 1.807) is 17.2 Å². The monoisotopic (exact) mass is 587 g/mol. The molecule has 0 bridgehead atoms. The maximum absolute atomic E-state index is 16.1. The fourth-order valence-corrected chi connectivity index (χ4v) is 6.03. The zero-order valence-corrected chi connectivity index (χ0v) is 24.4. The number of benzene rings is 1. The molecule has 1 aromatic carbocycles. The van der Waals surface area contributed by atoms with Gasteiger partial charge in [0.2, 0.25) is 11.7 Å². The number of halogens is 2. The van der Waals surface area contributed by atoms with Crippen molar-refractivity contribution < 1.29 is 23.0 Å². The predicted molar refractivity (Wildman–Crippen MR) is 159 cm³/mol. The summed E-state index contributed by atoms with van der Waals surface area (Å²) in [4.78, 5) is 39.7. The Bertz CT molecular complexity index is 1850. The molecule has 1 amide bonds. The number of nitrogens with zero attached hydrogens (tertiary/aromatic N) is 5. The fraction of sp³-hybridized carbons (Fsp3) is 0.312. The number of ether oxygens (including phenoxy) is 2. The highest BCUT2D eigenvalue weighted by molar-refractivity contribution is 5.97. The Balaban J connectivity index is 1.70. The van der Waals surface area contributed by atoms with Crippen molar-refractivity contribution in [2.45, 2.75) is 32.7 Å². The quantitative estimate of drug-likeness (QED) is 0.311. The van der Waals surface area contributed by atoms with Gasteiger partial charge in [-0.05, 0) is 48.7 Å². The lowest BCUT2D eigenvalue weighted by atomic mass is 10.0. The van der Waals surface area contributed by atoms with Crippen LogP contribution >= 0.6 is 0 Å². The second-order valence-electron chi connectivity index (χ2n) is 11.0. The largest absolute Gasteiger partial charge is 0.496 e. The van der Waals surface area contributed by atoms with Gasteiger partial charge in [-0.3, -0.25) is 19.1 Å². The molecule has 0 saturated carbocycles. The zero-order chi connectivity index (χ0) is 30.6. The third kappa shape index (κ3) is 4.50. The first-order valence-electron chi connectivity index (χ1n) is 14.0. The highest BCUT2D eigenvalue weighted by atomic mass is 19.1. The number of pyridine rings is 3. The molecule has 4 aromatic rings. The van der Waals surface area contributed by atoms with Crippen LogP contribution < -0.4 is 19.9 Å². The molecule has 2 aliphatic rings. The zero-order valence-electron chi connectivity index (χ0n) is 24.4. The molecule has 1 fully saturated rings. The SMILES string of the molecule is C=CC(=O)N1CCN2c3c(c(=O)n(-c4c(C)ccnc4C(C)C)c4nc(-c5c(F)cccc5OC)c(F)cc34)OC[C@H]2C1. The Morgan fingerprint density at radius 3 is 2.70 bits per heavy atom. The molecular formula is C32H31F2N5O4. The molecule has 3 aromatic heterocycles. The van der Waals surface area contributed by atoms with Crippen molar-refractivity contribution in [1.29, 1.82) is 0 Å². The van der Waals surface area contributed by atoms with Crippen LogP contribution in [0.5, 0.6) is 11.5 Å². The Kier molecular flexibility index (Phi) is 7.11. The number of piperazine rings is 1. The van der Waals surface area contributed by atoms with Gasteiger partial charge in [-0.15, -0.1) is 0 Å². The molecular weight excluding hydrogens is 556 g/mol. The highest BCUT2D eigenvalue weighted by Gasteiger charge is 2.38. The molecule has 6 rings (SSSR count). The predicted octanol–water partition coefficient (Wildman–Crippen LogP) is 4.76. The van der Waals surface area contributed by atoms with Crippen LogP contribution in [0.3, 0.4) is 0 Å². The van der Waals surface area contributed by atoms with E-state index in [1.807, 2.05) is 25.7 Å². The molecule has 0 radical (unpaired) electrons. The molecule has 1 atom stereocenters. The summed E-state index contributed by atoms with van der Waals surface area (Å²) in [7, 11) is 1.37. The molecule has 0 aliphatic carbocycles. The van der Waals surface area contributed by atoms with Crippen LogP contribution in [0.15, 0.2) is 54.0 Å². The number of methoxy groups -OCH3 is 1. The molecule has 0 N–H and O–H groups in total. The number of anilines is 1. The summed E-state index contributed by atoms with van der Waals surface area (Å²) in [5.41, 5.74) is 1.48. The Hall–Kier alpha value is -4.80. The van der Waals surface area contributed by atoms with E-state index < -0.39 is 17.2 Å². The average molecular weight is 588 g/mol. The summed E-state index contributed by atoms with van der Waals surface area (Å²) in [6, 6.07) is 6.96. The Morgan fingerprint density at radius 2 is 1.98 bits per heavy atom. The van der Waals surface area contributed by atoms with E-state index in [4.69, 9.17) is 9.47 Å². The van der Waals surface area contributed by atoms with Gasteiger partial charge in [0.1, 0.15) is 23.9 Å². The van der Waals surface area contributed by atoms with Crippen molar-refractivity contribution in [1.82, 2.24) is 19.4 Å². The number of carbonyl (C=O) groups excluding carboxylic acids is 1. The van der Waals surface area contributed by atoms with Gasteiger partial charge in [-0.2, -0.15) is 0 Å². The van der Waals surface area contributed by atoms with Crippen LogP contribution in [0.25, 0.3) is 28.0 Å². The van der Waals surface area contributed by atoms with E-state index in [2.05, 4.69) is 16.5 Å². The maximum atomic E-state index is 16.1. The molecule has 2 aliphatic heterocycles. The number of hydrogen-bond acceptors (Lipinski definition) is 7. The summed E-state index contributed by atoms with van der Waals surface area (Å²) < 4.78 is 44.2. The van der Waals surface area contributed by atoms with E-state index >= 15 is 8.78 Å². The van der Waals surface area contributed by atoms with E-state index in [0.717, 1.165) is 5.56 Å².